The van der Waals surface area contributed by atoms with E-state index in [4.69, 9.17) is 0 Å². The number of benzene rings is 1. The lowest BCUT2D eigenvalue weighted by molar-refractivity contribution is -0.130. The summed E-state index contributed by atoms with van der Waals surface area (Å²) in [5.74, 6) is 0.106. The molecule has 7 nitrogen and oxygen atoms in total. The lowest BCUT2D eigenvalue weighted by Crippen LogP contribution is -2.28. The molecule has 0 fully saturated rings. The van der Waals surface area contributed by atoms with Crippen molar-refractivity contribution in [3.8, 4) is 11.3 Å². The SMILES string of the molecule is CN(Cc1cc(-c2ccccc2)n[nH]1)C(=O)CCc1cc2n(n1)CCNC2. The van der Waals surface area contributed by atoms with Gasteiger partial charge in [-0.2, -0.15) is 10.2 Å². The van der Waals surface area contributed by atoms with E-state index in [9.17, 15) is 4.79 Å². The number of aromatic amines is 1. The monoisotopic (exact) mass is 364 g/mol. The number of hydrogen-bond acceptors (Lipinski definition) is 4. The fourth-order valence-electron chi connectivity index (χ4n) is 3.34. The van der Waals surface area contributed by atoms with Gasteiger partial charge in [-0.3, -0.25) is 14.6 Å². The molecule has 27 heavy (non-hydrogen) atoms. The minimum absolute atomic E-state index is 0.106. The first-order valence-corrected chi connectivity index (χ1v) is 9.29. The molecule has 1 aliphatic heterocycles. The molecule has 1 aliphatic rings. The van der Waals surface area contributed by atoms with Crippen LogP contribution in [0.2, 0.25) is 0 Å². The first-order chi connectivity index (χ1) is 13.2. The molecule has 7 heteroatoms. The molecule has 140 valence electrons. The van der Waals surface area contributed by atoms with Crippen LogP contribution in [0.15, 0.2) is 42.5 Å². The van der Waals surface area contributed by atoms with Crippen LogP contribution in [0.3, 0.4) is 0 Å². The van der Waals surface area contributed by atoms with Gasteiger partial charge in [-0.25, -0.2) is 0 Å². The number of carbonyl (C=O) groups is 1. The Morgan fingerprint density at radius 1 is 1.26 bits per heavy atom. The third kappa shape index (κ3) is 4.09. The highest BCUT2D eigenvalue weighted by atomic mass is 16.2. The van der Waals surface area contributed by atoms with Gasteiger partial charge in [0.1, 0.15) is 0 Å². The van der Waals surface area contributed by atoms with E-state index in [-0.39, 0.29) is 5.91 Å². The number of nitrogens with zero attached hydrogens (tertiary/aromatic N) is 4. The number of hydrogen-bond donors (Lipinski definition) is 2. The average molecular weight is 364 g/mol. The van der Waals surface area contributed by atoms with Gasteiger partial charge in [0.2, 0.25) is 5.91 Å². The Morgan fingerprint density at radius 3 is 2.93 bits per heavy atom. The Kier molecular flexibility index (Phi) is 5.02. The molecule has 4 rings (SSSR count). The fourth-order valence-corrected chi connectivity index (χ4v) is 3.34. The zero-order chi connectivity index (χ0) is 18.6. The number of rotatable bonds is 6. The van der Waals surface area contributed by atoms with Crippen molar-refractivity contribution < 1.29 is 4.79 Å². The van der Waals surface area contributed by atoms with Crippen LogP contribution >= 0.6 is 0 Å². The van der Waals surface area contributed by atoms with Crippen molar-refractivity contribution in [2.24, 2.45) is 0 Å². The van der Waals surface area contributed by atoms with E-state index in [1.165, 1.54) is 5.69 Å². The Morgan fingerprint density at radius 2 is 2.11 bits per heavy atom. The molecule has 1 amide bonds. The summed E-state index contributed by atoms with van der Waals surface area (Å²) in [4.78, 5) is 14.2. The smallest absolute Gasteiger partial charge is 0.223 e. The molecule has 2 N–H and O–H groups in total. The van der Waals surface area contributed by atoms with Gasteiger partial charge >= 0.3 is 0 Å². The molecule has 0 atom stereocenters. The molecular formula is C20H24N6O. The second kappa shape index (κ2) is 7.75. The minimum Gasteiger partial charge on any atom is -0.340 e. The Labute approximate surface area is 158 Å². The Balaban J connectivity index is 1.31. The topological polar surface area (TPSA) is 78.8 Å². The van der Waals surface area contributed by atoms with E-state index >= 15 is 0 Å². The van der Waals surface area contributed by atoms with Crippen LogP contribution in [0, 0.1) is 0 Å². The number of carbonyl (C=O) groups excluding carboxylic acids is 1. The highest BCUT2D eigenvalue weighted by molar-refractivity contribution is 5.76. The van der Waals surface area contributed by atoms with Crippen LogP contribution in [-0.2, 0) is 30.8 Å². The highest BCUT2D eigenvalue weighted by Gasteiger charge is 2.15. The predicted molar refractivity (Wildman–Crippen MR) is 103 cm³/mol. The van der Waals surface area contributed by atoms with Crippen LogP contribution in [0.5, 0.6) is 0 Å². The number of H-pyrrole nitrogens is 1. The summed E-state index contributed by atoms with van der Waals surface area (Å²) < 4.78 is 2.04. The van der Waals surface area contributed by atoms with Gasteiger partial charge in [-0.15, -0.1) is 0 Å². The summed E-state index contributed by atoms with van der Waals surface area (Å²) in [6.07, 6.45) is 1.13. The van der Waals surface area contributed by atoms with Crippen LogP contribution in [0.25, 0.3) is 11.3 Å². The van der Waals surface area contributed by atoms with Gasteiger partial charge in [0, 0.05) is 38.5 Å². The molecular weight excluding hydrogens is 340 g/mol. The Hall–Kier alpha value is -2.93. The molecule has 3 aromatic rings. The van der Waals surface area contributed by atoms with Crippen molar-refractivity contribution in [2.45, 2.75) is 32.5 Å². The van der Waals surface area contributed by atoms with Gasteiger partial charge in [0.05, 0.1) is 35.9 Å². The number of fused-ring (bicyclic) bond motifs is 1. The predicted octanol–water partition coefficient (Wildman–Crippen LogP) is 1.97. The van der Waals surface area contributed by atoms with Crippen molar-refractivity contribution in [2.75, 3.05) is 13.6 Å². The molecule has 3 heterocycles. The van der Waals surface area contributed by atoms with Crippen molar-refractivity contribution in [3.63, 3.8) is 0 Å². The normalized spacial score (nSPS) is 13.4. The molecule has 0 unspecified atom stereocenters. The summed E-state index contributed by atoms with van der Waals surface area (Å²) in [6, 6.07) is 14.1. The lowest BCUT2D eigenvalue weighted by atomic mass is 10.1. The zero-order valence-electron chi connectivity index (χ0n) is 15.5. The highest BCUT2D eigenvalue weighted by Crippen LogP contribution is 2.17. The standard InChI is InChI=1S/C20H24N6O/c1-25(14-17-12-19(23-22-17)15-5-3-2-4-6-15)20(27)8-7-16-11-18-13-21-9-10-26(18)24-16/h2-6,11-12,21H,7-10,13-14H2,1H3,(H,22,23). The van der Waals surface area contributed by atoms with Crippen molar-refractivity contribution in [1.29, 1.82) is 0 Å². The number of nitrogens with one attached hydrogen (secondary N) is 2. The van der Waals surface area contributed by atoms with Gasteiger partial charge in [-0.1, -0.05) is 30.3 Å². The summed E-state index contributed by atoms with van der Waals surface area (Å²) in [6.45, 7) is 3.21. The molecule has 0 aliphatic carbocycles. The van der Waals surface area contributed by atoms with E-state index in [2.05, 4.69) is 26.7 Å². The first kappa shape index (κ1) is 17.5. The average Bonchev–Trinajstić information content (AvgIpc) is 3.33. The second-order valence-corrected chi connectivity index (χ2v) is 6.92. The number of aryl methyl sites for hydroxylation is 1. The minimum atomic E-state index is 0.106. The number of amides is 1. The largest absolute Gasteiger partial charge is 0.340 e. The van der Waals surface area contributed by atoms with Gasteiger partial charge < -0.3 is 10.2 Å². The van der Waals surface area contributed by atoms with E-state index in [0.29, 0.717) is 19.4 Å². The van der Waals surface area contributed by atoms with Crippen molar-refractivity contribution in [1.82, 2.24) is 30.2 Å². The van der Waals surface area contributed by atoms with Crippen LogP contribution in [0.4, 0.5) is 0 Å². The molecule has 0 bridgehead atoms. The molecule has 1 aromatic carbocycles. The molecule has 2 aromatic heterocycles. The van der Waals surface area contributed by atoms with E-state index < -0.39 is 0 Å². The van der Waals surface area contributed by atoms with Crippen LogP contribution in [0.1, 0.15) is 23.5 Å². The second-order valence-electron chi connectivity index (χ2n) is 6.92. The van der Waals surface area contributed by atoms with Crippen LogP contribution < -0.4 is 5.32 Å². The summed E-state index contributed by atoms with van der Waals surface area (Å²) in [5.41, 5.74) is 5.07. The van der Waals surface area contributed by atoms with Crippen LogP contribution in [-0.4, -0.2) is 44.4 Å². The summed E-state index contributed by atoms with van der Waals surface area (Å²) in [5, 5.41) is 15.3. The van der Waals surface area contributed by atoms with E-state index in [1.807, 2.05) is 48.1 Å². The summed E-state index contributed by atoms with van der Waals surface area (Å²) in [7, 11) is 1.83. The maximum absolute atomic E-state index is 12.5. The first-order valence-electron chi connectivity index (χ1n) is 9.29. The Bertz CT molecular complexity index is 890. The number of aromatic nitrogens is 4. The van der Waals surface area contributed by atoms with E-state index in [0.717, 1.165) is 42.3 Å². The fraction of sp³-hybridized carbons (Fsp3) is 0.350. The van der Waals surface area contributed by atoms with Crippen molar-refractivity contribution in [3.05, 3.63) is 59.5 Å². The summed E-state index contributed by atoms with van der Waals surface area (Å²) >= 11 is 0. The lowest BCUT2D eigenvalue weighted by Gasteiger charge is -2.15. The zero-order valence-corrected chi connectivity index (χ0v) is 15.5. The molecule has 0 spiro atoms. The third-order valence-electron chi connectivity index (χ3n) is 4.85. The molecule has 0 saturated heterocycles. The molecule has 0 saturated carbocycles. The van der Waals surface area contributed by atoms with Gasteiger partial charge in [0.15, 0.2) is 0 Å². The van der Waals surface area contributed by atoms with Gasteiger partial charge in [0.25, 0.3) is 0 Å². The van der Waals surface area contributed by atoms with Crippen molar-refractivity contribution >= 4 is 5.91 Å². The maximum Gasteiger partial charge on any atom is 0.223 e. The van der Waals surface area contributed by atoms with E-state index in [1.54, 1.807) is 4.90 Å². The maximum atomic E-state index is 12.5. The third-order valence-corrected chi connectivity index (χ3v) is 4.85. The molecule has 0 radical (unpaired) electrons. The quantitative estimate of drug-likeness (QED) is 0.701. The van der Waals surface area contributed by atoms with Gasteiger partial charge in [-0.05, 0) is 12.1 Å².